The van der Waals surface area contributed by atoms with Gasteiger partial charge in [-0.3, -0.25) is 4.79 Å². The van der Waals surface area contributed by atoms with Gasteiger partial charge in [0.25, 0.3) is 0 Å². The highest BCUT2D eigenvalue weighted by Crippen LogP contribution is 2.73. The van der Waals surface area contributed by atoms with Crippen LogP contribution in [0.3, 0.4) is 0 Å². The molecule has 6 atom stereocenters. The van der Waals surface area contributed by atoms with E-state index in [1.807, 2.05) is 30.3 Å². The van der Waals surface area contributed by atoms with E-state index in [0.29, 0.717) is 11.8 Å². The number of ketones is 1. The van der Waals surface area contributed by atoms with E-state index in [4.69, 9.17) is 9.47 Å². The van der Waals surface area contributed by atoms with E-state index in [0.717, 1.165) is 24.0 Å². The molecule has 0 heterocycles. The first kappa shape index (κ1) is 19.4. The average Bonchev–Trinajstić information content (AvgIpc) is 3.26. The van der Waals surface area contributed by atoms with Crippen LogP contribution in [0.1, 0.15) is 52.2 Å². The minimum Gasteiger partial charge on any atom is -0.456 e. The molecule has 28 heavy (non-hydrogen) atoms. The third-order valence-electron chi connectivity index (χ3n) is 7.74. The molecule has 4 rings (SSSR count). The molecule has 150 valence electrons. The van der Waals surface area contributed by atoms with Gasteiger partial charge in [-0.2, -0.15) is 0 Å². The number of benzene rings is 1. The highest BCUT2D eigenvalue weighted by molar-refractivity contribution is 5.98. The van der Waals surface area contributed by atoms with Crippen molar-refractivity contribution in [2.45, 2.75) is 52.7 Å². The number of fused-ring (bicyclic) bond motifs is 3. The lowest BCUT2D eigenvalue weighted by molar-refractivity contribution is -0.162. The Bertz CT molecular complexity index is 824. The number of hydrogen-bond donors (Lipinski definition) is 0. The molecule has 4 heteroatoms. The Morgan fingerprint density at radius 3 is 2.46 bits per heavy atom. The summed E-state index contributed by atoms with van der Waals surface area (Å²) in [6, 6.07) is 9.39. The van der Waals surface area contributed by atoms with E-state index in [2.05, 4.69) is 27.7 Å². The fourth-order valence-electron chi connectivity index (χ4n) is 6.07. The molecule has 0 unspecified atom stereocenters. The average molecular weight is 383 g/mol. The Morgan fingerprint density at radius 2 is 1.82 bits per heavy atom. The Balaban J connectivity index is 1.61. The first-order valence-electron chi connectivity index (χ1n) is 10.3. The van der Waals surface area contributed by atoms with Crippen molar-refractivity contribution >= 4 is 11.8 Å². The Labute approximate surface area is 167 Å². The lowest BCUT2D eigenvalue weighted by Gasteiger charge is -2.48. The number of carbonyl (C=O) groups is 2. The summed E-state index contributed by atoms with van der Waals surface area (Å²) in [6.07, 6.45) is 2.44. The number of esters is 1. The molecule has 0 radical (unpaired) electrons. The van der Waals surface area contributed by atoms with Gasteiger partial charge >= 0.3 is 5.97 Å². The standard InChI is InChI=1S/C24H30O4/c1-14-11-12-18(28-22(26)20(27-5)15-9-7-6-8-10-15)16-13-17(25)19-21(23(19,2)3)24(14,16)4/h6-10,13-14,18-21H,11-12H2,1-5H3/t14-,18+,19-,20+,21+,24+/m0/s1. The van der Waals surface area contributed by atoms with Crippen LogP contribution in [-0.4, -0.2) is 25.0 Å². The molecular formula is C24H30O4. The third-order valence-corrected chi connectivity index (χ3v) is 7.74. The number of rotatable bonds is 4. The van der Waals surface area contributed by atoms with Crippen molar-refractivity contribution in [3.8, 4) is 0 Å². The first-order chi connectivity index (χ1) is 13.2. The fraction of sp³-hybridized carbons (Fsp3) is 0.583. The molecule has 4 nitrogen and oxygen atoms in total. The van der Waals surface area contributed by atoms with Crippen molar-refractivity contribution in [1.82, 2.24) is 0 Å². The van der Waals surface area contributed by atoms with Gasteiger partial charge in [-0.25, -0.2) is 4.79 Å². The quantitative estimate of drug-likeness (QED) is 0.719. The summed E-state index contributed by atoms with van der Waals surface area (Å²) in [5.74, 6) is 0.707. The van der Waals surface area contributed by atoms with Crippen LogP contribution in [0.4, 0.5) is 0 Å². The van der Waals surface area contributed by atoms with Crippen LogP contribution in [0.5, 0.6) is 0 Å². The van der Waals surface area contributed by atoms with Crippen LogP contribution < -0.4 is 0 Å². The van der Waals surface area contributed by atoms with Crippen LogP contribution in [0.25, 0.3) is 0 Å². The van der Waals surface area contributed by atoms with Crippen molar-refractivity contribution in [2.75, 3.05) is 7.11 Å². The van der Waals surface area contributed by atoms with E-state index in [-0.39, 0.29) is 34.6 Å². The van der Waals surface area contributed by atoms with E-state index >= 15 is 0 Å². The maximum atomic E-state index is 12.9. The van der Waals surface area contributed by atoms with Gasteiger partial charge < -0.3 is 9.47 Å². The topological polar surface area (TPSA) is 52.6 Å². The second kappa shape index (κ2) is 6.55. The summed E-state index contributed by atoms with van der Waals surface area (Å²) in [7, 11) is 1.52. The van der Waals surface area contributed by atoms with Gasteiger partial charge in [-0.1, -0.05) is 58.0 Å². The largest absolute Gasteiger partial charge is 0.456 e. The maximum absolute atomic E-state index is 12.9. The second-order valence-electron chi connectivity index (χ2n) is 9.49. The fourth-order valence-corrected chi connectivity index (χ4v) is 6.07. The Hall–Kier alpha value is -1.94. The summed E-state index contributed by atoms with van der Waals surface area (Å²) in [4.78, 5) is 25.7. The summed E-state index contributed by atoms with van der Waals surface area (Å²) < 4.78 is 11.4. The molecule has 0 saturated heterocycles. The predicted octanol–water partition coefficient (Wildman–Crippen LogP) is 4.50. The summed E-state index contributed by atoms with van der Waals surface area (Å²) in [5.41, 5.74) is 1.71. The number of allylic oxidation sites excluding steroid dienone is 1. The molecule has 3 aliphatic carbocycles. The van der Waals surface area contributed by atoms with Gasteiger partial charge in [0.2, 0.25) is 0 Å². The van der Waals surface area contributed by atoms with Gasteiger partial charge in [0.05, 0.1) is 0 Å². The number of hydrogen-bond acceptors (Lipinski definition) is 4. The zero-order valence-corrected chi connectivity index (χ0v) is 17.4. The van der Waals surface area contributed by atoms with E-state index in [1.165, 1.54) is 7.11 Å². The summed E-state index contributed by atoms with van der Waals surface area (Å²) in [5, 5.41) is 0. The molecule has 1 aromatic carbocycles. The molecule has 0 bridgehead atoms. The van der Waals surface area contributed by atoms with Gasteiger partial charge in [-0.15, -0.1) is 0 Å². The summed E-state index contributed by atoms with van der Waals surface area (Å²) in [6.45, 7) is 8.93. The molecule has 0 spiro atoms. The van der Waals surface area contributed by atoms with Crippen LogP contribution >= 0.6 is 0 Å². The lowest BCUT2D eigenvalue weighted by Crippen LogP contribution is -2.45. The van der Waals surface area contributed by atoms with Crippen LogP contribution in [0, 0.1) is 28.6 Å². The van der Waals surface area contributed by atoms with Crippen molar-refractivity contribution in [3.05, 3.63) is 47.5 Å². The van der Waals surface area contributed by atoms with Gasteiger partial charge in [0.1, 0.15) is 6.10 Å². The lowest BCUT2D eigenvalue weighted by atomic mass is 9.58. The van der Waals surface area contributed by atoms with E-state index in [1.54, 1.807) is 6.08 Å². The van der Waals surface area contributed by atoms with Crippen molar-refractivity contribution in [3.63, 3.8) is 0 Å². The normalized spacial score (nSPS) is 36.6. The van der Waals surface area contributed by atoms with Crippen LogP contribution in [0.15, 0.2) is 42.0 Å². The Kier molecular flexibility index (Phi) is 4.53. The smallest absolute Gasteiger partial charge is 0.340 e. The SMILES string of the molecule is CO[C@@H](C(=O)O[C@@H]1CC[C@H](C)[C@]2(C)C1=CC(=O)[C@H]1[C@@H]2C1(C)C)c1ccccc1. The predicted molar refractivity (Wildman–Crippen MR) is 106 cm³/mol. The molecule has 0 amide bonds. The van der Waals surface area contributed by atoms with Crippen LogP contribution in [-0.2, 0) is 19.1 Å². The summed E-state index contributed by atoms with van der Waals surface area (Å²) >= 11 is 0. The van der Waals surface area contributed by atoms with Gasteiger partial charge in [0.15, 0.2) is 11.9 Å². The molecule has 3 aliphatic rings. The van der Waals surface area contributed by atoms with E-state index < -0.39 is 6.10 Å². The minimum absolute atomic E-state index is 0.0172. The first-order valence-corrected chi connectivity index (χ1v) is 10.3. The van der Waals surface area contributed by atoms with Gasteiger partial charge in [0, 0.05) is 13.0 Å². The zero-order chi connectivity index (χ0) is 20.3. The van der Waals surface area contributed by atoms with Crippen LogP contribution in [0.2, 0.25) is 0 Å². The van der Waals surface area contributed by atoms with Crippen molar-refractivity contribution < 1.29 is 19.1 Å². The molecule has 2 fully saturated rings. The number of methoxy groups -OCH3 is 1. The van der Waals surface area contributed by atoms with Gasteiger partial charge in [-0.05, 0) is 52.7 Å². The molecule has 0 N–H and O–H groups in total. The number of ether oxygens (including phenoxy) is 2. The highest BCUT2D eigenvalue weighted by atomic mass is 16.6. The minimum atomic E-state index is -0.753. The molecule has 1 aromatic rings. The molecule has 0 aromatic heterocycles. The van der Waals surface area contributed by atoms with Crippen molar-refractivity contribution in [2.24, 2.45) is 28.6 Å². The van der Waals surface area contributed by atoms with Crippen molar-refractivity contribution in [1.29, 1.82) is 0 Å². The monoisotopic (exact) mass is 382 g/mol. The number of carbonyl (C=O) groups excluding carboxylic acids is 2. The molecule has 0 aliphatic heterocycles. The third kappa shape index (κ3) is 2.68. The Morgan fingerprint density at radius 1 is 1.14 bits per heavy atom. The zero-order valence-electron chi connectivity index (χ0n) is 17.4. The highest BCUT2D eigenvalue weighted by Gasteiger charge is 2.72. The molecule has 2 saturated carbocycles. The van der Waals surface area contributed by atoms with E-state index in [9.17, 15) is 9.59 Å². The molecular weight excluding hydrogens is 352 g/mol. The second-order valence-corrected chi connectivity index (χ2v) is 9.49. The maximum Gasteiger partial charge on any atom is 0.340 e.